The number of nitrogens with zero attached hydrogens (tertiary/aromatic N) is 2. The van der Waals surface area contributed by atoms with Gasteiger partial charge in [-0.25, -0.2) is 14.8 Å². The van der Waals surface area contributed by atoms with E-state index in [2.05, 4.69) is 4.89 Å². The first-order chi connectivity index (χ1) is 19.4. The van der Waals surface area contributed by atoms with Crippen molar-refractivity contribution < 1.29 is 68.7 Å². The Labute approximate surface area is 232 Å². The Balaban J connectivity index is 2.22. The zero-order valence-corrected chi connectivity index (χ0v) is 21.7. The van der Waals surface area contributed by atoms with Crippen molar-refractivity contribution in [1.82, 2.24) is 4.90 Å². The molecule has 3 rings (SSSR count). The fourth-order valence-electron chi connectivity index (χ4n) is 4.67. The standard InChI is InChI=1S/C25H23F9N2O6/c1-3-17-10-20(18-9-14(23(26,27)28)4-5-19(18)36(17)22(38)41-12-42-39)35(21(37)40-2)11-13-6-15(24(29,30)31)8-16(7-13)25(32,33)34/h4-9,17,20,39H,3,10-12H2,1-2H3/t17-,20+/m1/s1. The van der Waals surface area contributed by atoms with Crippen LogP contribution in [-0.4, -0.2) is 42.3 Å². The minimum Gasteiger partial charge on any atom is -0.453 e. The van der Waals surface area contributed by atoms with Gasteiger partial charge in [0.1, 0.15) is 0 Å². The molecule has 1 heterocycles. The monoisotopic (exact) mass is 618 g/mol. The molecule has 0 saturated heterocycles. The Morgan fingerprint density at radius 1 is 0.929 bits per heavy atom. The Bertz CT molecular complexity index is 1260. The maximum absolute atomic E-state index is 13.7. The van der Waals surface area contributed by atoms with Crippen molar-refractivity contribution in [1.29, 1.82) is 0 Å². The van der Waals surface area contributed by atoms with Gasteiger partial charge in [-0.3, -0.25) is 9.80 Å². The lowest BCUT2D eigenvalue weighted by molar-refractivity contribution is -0.283. The summed E-state index contributed by atoms with van der Waals surface area (Å²) in [6.45, 7) is -0.291. The molecule has 0 saturated carbocycles. The molecule has 0 fully saturated rings. The highest BCUT2D eigenvalue weighted by Crippen LogP contribution is 2.45. The van der Waals surface area contributed by atoms with E-state index < -0.39 is 78.4 Å². The zero-order chi connectivity index (χ0) is 31.6. The van der Waals surface area contributed by atoms with Gasteiger partial charge in [-0.1, -0.05) is 6.92 Å². The molecule has 0 bridgehead atoms. The number of benzene rings is 2. The quantitative estimate of drug-likeness (QED) is 0.155. The van der Waals surface area contributed by atoms with Gasteiger partial charge in [-0.05, 0) is 60.4 Å². The Kier molecular flexibility index (Phi) is 9.56. The van der Waals surface area contributed by atoms with Crippen molar-refractivity contribution in [2.75, 3.05) is 18.8 Å². The summed E-state index contributed by atoms with van der Waals surface area (Å²) in [5.41, 5.74) is -5.67. The lowest BCUT2D eigenvalue weighted by Crippen LogP contribution is -2.49. The van der Waals surface area contributed by atoms with Crippen LogP contribution in [0.15, 0.2) is 36.4 Å². The van der Waals surface area contributed by atoms with E-state index in [1.54, 1.807) is 6.92 Å². The maximum Gasteiger partial charge on any atom is 0.416 e. The molecule has 0 unspecified atom stereocenters. The van der Waals surface area contributed by atoms with Crippen LogP contribution in [0.25, 0.3) is 0 Å². The molecule has 2 aromatic rings. The van der Waals surface area contributed by atoms with E-state index in [-0.39, 0.29) is 30.2 Å². The number of alkyl halides is 9. The molecule has 0 aliphatic carbocycles. The van der Waals surface area contributed by atoms with Gasteiger partial charge in [-0.2, -0.15) is 44.4 Å². The SMILES string of the molecule is CC[C@@H]1C[C@H](N(Cc2cc(C(F)(F)F)cc(C(F)(F)F)c2)C(=O)OC)c2cc(C(F)(F)F)ccc2N1C(=O)OCOO. The van der Waals surface area contributed by atoms with Crippen molar-refractivity contribution in [3.05, 3.63) is 64.2 Å². The van der Waals surface area contributed by atoms with Crippen molar-refractivity contribution in [2.45, 2.75) is 56.9 Å². The van der Waals surface area contributed by atoms with Crippen LogP contribution in [0, 0.1) is 0 Å². The summed E-state index contributed by atoms with van der Waals surface area (Å²) in [5, 5.41) is 8.52. The molecule has 0 radical (unpaired) electrons. The third-order valence-electron chi connectivity index (χ3n) is 6.52. The Morgan fingerprint density at radius 3 is 1.98 bits per heavy atom. The number of carbonyl (C=O) groups is 2. The molecule has 2 amide bonds. The fourth-order valence-corrected chi connectivity index (χ4v) is 4.67. The molecule has 0 aromatic heterocycles. The highest BCUT2D eigenvalue weighted by atomic mass is 19.4. The van der Waals surface area contributed by atoms with Crippen LogP contribution >= 0.6 is 0 Å². The summed E-state index contributed by atoms with van der Waals surface area (Å²) in [6, 6.07) is 0.513. The number of amides is 2. The van der Waals surface area contributed by atoms with Gasteiger partial charge in [0.25, 0.3) is 0 Å². The predicted molar refractivity (Wildman–Crippen MR) is 125 cm³/mol. The first-order valence-corrected chi connectivity index (χ1v) is 12.0. The van der Waals surface area contributed by atoms with Gasteiger partial charge >= 0.3 is 30.7 Å². The van der Waals surface area contributed by atoms with Gasteiger partial charge < -0.3 is 9.47 Å². The summed E-state index contributed by atoms with van der Waals surface area (Å²) >= 11 is 0. The number of rotatable bonds is 6. The third-order valence-corrected chi connectivity index (χ3v) is 6.52. The van der Waals surface area contributed by atoms with E-state index in [0.29, 0.717) is 29.2 Å². The summed E-state index contributed by atoms with van der Waals surface area (Å²) in [5.74, 6) is 0. The smallest absolute Gasteiger partial charge is 0.416 e. The molecule has 0 spiro atoms. The topological polar surface area (TPSA) is 88.5 Å². The summed E-state index contributed by atoms with van der Waals surface area (Å²) in [6.07, 6.45) is -17.9. The summed E-state index contributed by atoms with van der Waals surface area (Å²) in [7, 11) is 0.869. The lowest BCUT2D eigenvalue weighted by atomic mass is 9.87. The van der Waals surface area contributed by atoms with Gasteiger partial charge in [0, 0.05) is 12.6 Å². The summed E-state index contributed by atoms with van der Waals surface area (Å²) < 4.78 is 131. The van der Waals surface area contributed by atoms with Crippen LogP contribution < -0.4 is 4.90 Å². The van der Waals surface area contributed by atoms with Crippen molar-refractivity contribution in [3.8, 4) is 0 Å². The molecule has 1 aliphatic heterocycles. The van der Waals surface area contributed by atoms with Crippen molar-refractivity contribution in [2.24, 2.45) is 0 Å². The predicted octanol–water partition coefficient (Wildman–Crippen LogP) is 7.63. The van der Waals surface area contributed by atoms with Gasteiger partial charge in [-0.15, -0.1) is 0 Å². The van der Waals surface area contributed by atoms with Crippen LogP contribution in [0.5, 0.6) is 0 Å². The van der Waals surface area contributed by atoms with Crippen molar-refractivity contribution >= 4 is 17.9 Å². The number of fused-ring (bicyclic) bond motifs is 1. The van der Waals surface area contributed by atoms with Crippen LogP contribution in [0.1, 0.15) is 53.6 Å². The van der Waals surface area contributed by atoms with E-state index in [9.17, 15) is 49.1 Å². The second-order valence-corrected chi connectivity index (χ2v) is 9.12. The molecule has 232 valence electrons. The van der Waals surface area contributed by atoms with Crippen LogP contribution in [0.2, 0.25) is 0 Å². The normalized spacial score (nSPS) is 17.5. The van der Waals surface area contributed by atoms with Gasteiger partial charge in [0.2, 0.25) is 6.79 Å². The lowest BCUT2D eigenvalue weighted by Gasteiger charge is -2.43. The van der Waals surface area contributed by atoms with Crippen LogP contribution in [-0.2, 0) is 39.4 Å². The van der Waals surface area contributed by atoms with E-state index in [4.69, 9.17) is 14.7 Å². The van der Waals surface area contributed by atoms with Crippen LogP contribution in [0.3, 0.4) is 0 Å². The second kappa shape index (κ2) is 12.2. The minimum absolute atomic E-state index is 0.107. The first-order valence-electron chi connectivity index (χ1n) is 12.0. The Hall–Kier alpha value is -3.73. The molecule has 42 heavy (non-hydrogen) atoms. The number of methoxy groups -OCH3 is 1. The molecule has 1 aliphatic rings. The Morgan fingerprint density at radius 2 is 1.50 bits per heavy atom. The highest BCUT2D eigenvalue weighted by molar-refractivity contribution is 5.90. The number of carbonyl (C=O) groups excluding carboxylic acids is 2. The average Bonchev–Trinajstić information content (AvgIpc) is 2.91. The largest absolute Gasteiger partial charge is 0.453 e. The third kappa shape index (κ3) is 7.18. The molecule has 2 atom stereocenters. The molecule has 17 heteroatoms. The molecule has 8 nitrogen and oxygen atoms in total. The van der Waals surface area contributed by atoms with Crippen LogP contribution in [0.4, 0.5) is 54.8 Å². The molecule has 1 N–H and O–H groups in total. The number of anilines is 1. The summed E-state index contributed by atoms with van der Waals surface area (Å²) in [4.78, 5) is 31.0. The van der Waals surface area contributed by atoms with E-state index >= 15 is 0 Å². The number of halogens is 9. The molecular formula is C25H23F9N2O6. The first kappa shape index (κ1) is 32.8. The second-order valence-electron chi connectivity index (χ2n) is 9.12. The van der Waals surface area contributed by atoms with E-state index in [1.807, 2.05) is 0 Å². The highest BCUT2D eigenvalue weighted by Gasteiger charge is 2.43. The fraction of sp³-hybridized carbons (Fsp3) is 0.440. The van der Waals surface area contributed by atoms with E-state index in [1.165, 1.54) is 0 Å². The maximum atomic E-state index is 13.7. The molecule has 2 aromatic carbocycles. The van der Waals surface area contributed by atoms with Crippen molar-refractivity contribution in [3.63, 3.8) is 0 Å². The number of hydrogen-bond donors (Lipinski definition) is 1. The van der Waals surface area contributed by atoms with Gasteiger partial charge in [0.05, 0.1) is 35.5 Å². The van der Waals surface area contributed by atoms with Gasteiger partial charge in [0.15, 0.2) is 0 Å². The number of hydrogen-bond acceptors (Lipinski definition) is 6. The average molecular weight is 618 g/mol. The minimum atomic E-state index is -5.20. The van der Waals surface area contributed by atoms with E-state index in [0.717, 1.165) is 18.1 Å². The number of ether oxygens (including phenoxy) is 2. The molecular weight excluding hydrogens is 595 g/mol. The zero-order valence-electron chi connectivity index (χ0n) is 21.7.